The van der Waals surface area contributed by atoms with Crippen molar-refractivity contribution in [1.29, 1.82) is 0 Å². The number of hydrogen-bond donors (Lipinski definition) is 1. The number of likely N-dealkylation sites (tertiary alicyclic amines) is 1. The standard InChI is InChI=1S/C25H34FN3O2/c1-19(2)18-31-24-10-6-20(7-11-24)16-27-25(30)29(23-12-14-28(3)15-13-23)17-21-4-8-22(26)9-5-21/h4-11,19,23H,12-18H2,1-3H3,(H,27,30)/i16D2,17D2,18D2. The molecule has 2 aromatic rings. The van der Waals surface area contributed by atoms with Crippen molar-refractivity contribution in [1.82, 2.24) is 15.1 Å². The Bertz CT molecular complexity index is 1060. The summed E-state index contributed by atoms with van der Waals surface area (Å²) >= 11 is 0. The molecule has 1 saturated heterocycles. The van der Waals surface area contributed by atoms with Gasteiger partial charge in [-0.2, -0.15) is 0 Å². The van der Waals surface area contributed by atoms with Gasteiger partial charge in [-0.1, -0.05) is 38.1 Å². The fourth-order valence-corrected chi connectivity index (χ4v) is 3.20. The molecule has 0 atom stereocenters. The minimum atomic E-state index is -2.37. The summed E-state index contributed by atoms with van der Waals surface area (Å²) in [7, 11) is 1.94. The van der Waals surface area contributed by atoms with Gasteiger partial charge >= 0.3 is 6.03 Å². The fourth-order valence-electron chi connectivity index (χ4n) is 3.20. The molecule has 0 saturated carbocycles. The lowest BCUT2D eigenvalue weighted by Crippen LogP contribution is -2.49. The third kappa shape index (κ3) is 7.24. The van der Waals surface area contributed by atoms with Gasteiger partial charge < -0.3 is 19.9 Å². The van der Waals surface area contributed by atoms with Crippen molar-refractivity contribution in [2.45, 2.75) is 45.7 Å². The molecule has 0 radical (unpaired) electrons. The molecule has 1 aliphatic heterocycles. The van der Waals surface area contributed by atoms with E-state index < -0.39 is 43.4 Å². The highest BCUT2D eigenvalue weighted by Crippen LogP contribution is 2.19. The summed E-state index contributed by atoms with van der Waals surface area (Å²) in [5, 5.41) is 2.33. The van der Waals surface area contributed by atoms with Gasteiger partial charge in [-0.25, -0.2) is 9.18 Å². The number of benzene rings is 2. The van der Waals surface area contributed by atoms with E-state index in [2.05, 4.69) is 10.2 Å². The normalized spacial score (nSPS) is 19.4. The summed E-state index contributed by atoms with van der Waals surface area (Å²) in [6, 6.07) is 9.03. The summed E-state index contributed by atoms with van der Waals surface area (Å²) < 4.78 is 69.3. The zero-order valence-electron chi connectivity index (χ0n) is 24.2. The summed E-state index contributed by atoms with van der Waals surface area (Å²) in [6.45, 7) is -1.94. The van der Waals surface area contributed by atoms with Crippen LogP contribution in [0.2, 0.25) is 0 Å². The molecule has 0 spiro atoms. The molecule has 6 heteroatoms. The number of halogens is 1. The molecule has 31 heavy (non-hydrogen) atoms. The van der Waals surface area contributed by atoms with Crippen molar-refractivity contribution in [3.63, 3.8) is 0 Å². The summed E-state index contributed by atoms with van der Waals surface area (Å²) in [5.74, 6) is -0.718. The number of hydrogen-bond acceptors (Lipinski definition) is 3. The first-order valence-electron chi connectivity index (χ1n) is 13.5. The second kappa shape index (κ2) is 11.1. The minimum Gasteiger partial charge on any atom is -0.493 e. The first-order valence-corrected chi connectivity index (χ1v) is 10.5. The van der Waals surface area contributed by atoms with Crippen LogP contribution in [-0.2, 0) is 13.0 Å². The maximum absolute atomic E-state index is 13.5. The van der Waals surface area contributed by atoms with Gasteiger partial charge in [-0.15, -0.1) is 0 Å². The predicted molar refractivity (Wildman–Crippen MR) is 121 cm³/mol. The van der Waals surface area contributed by atoms with Crippen LogP contribution in [0.25, 0.3) is 0 Å². The smallest absolute Gasteiger partial charge is 0.318 e. The van der Waals surface area contributed by atoms with Crippen LogP contribution in [-0.4, -0.2) is 48.6 Å². The van der Waals surface area contributed by atoms with E-state index in [4.69, 9.17) is 13.0 Å². The lowest BCUT2D eigenvalue weighted by atomic mass is 10.0. The van der Waals surface area contributed by atoms with Crippen molar-refractivity contribution in [3.05, 3.63) is 65.5 Å². The Kier molecular flexibility index (Phi) is 5.78. The average Bonchev–Trinajstić information content (AvgIpc) is 2.80. The van der Waals surface area contributed by atoms with Gasteiger partial charge in [0.15, 0.2) is 0 Å². The number of ether oxygens (including phenoxy) is 1. The van der Waals surface area contributed by atoms with Crippen molar-refractivity contribution in [2.24, 2.45) is 5.92 Å². The van der Waals surface area contributed by atoms with Crippen LogP contribution in [0.15, 0.2) is 48.5 Å². The molecule has 1 heterocycles. The molecule has 0 bridgehead atoms. The molecule has 0 aliphatic carbocycles. The van der Waals surface area contributed by atoms with Crippen LogP contribution in [0.3, 0.4) is 0 Å². The first-order chi connectivity index (χ1) is 17.1. The number of nitrogens with one attached hydrogen (secondary N) is 1. The van der Waals surface area contributed by atoms with Gasteiger partial charge in [0, 0.05) is 19.0 Å². The van der Waals surface area contributed by atoms with Gasteiger partial charge in [0.25, 0.3) is 0 Å². The molecular weight excluding hydrogens is 393 g/mol. The largest absolute Gasteiger partial charge is 0.493 e. The van der Waals surface area contributed by atoms with E-state index in [-0.39, 0.29) is 16.9 Å². The highest BCUT2D eigenvalue weighted by atomic mass is 19.1. The van der Waals surface area contributed by atoms with Gasteiger partial charge in [0.1, 0.15) is 11.6 Å². The quantitative estimate of drug-likeness (QED) is 0.658. The number of amides is 2. The SMILES string of the molecule is [2H]C([2H])(NC(=O)N(C1CCN(C)CC1)C([2H])([2H])c1ccc(F)cc1)c1ccc(OC([2H])([2H])C(C)C)cc1. The van der Waals surface area contributed by atoms with E-state index in [1.165, 1.54) is 36.4 Å². The van der Waals surface area contributed by atoms with Crippen LogP contribution in [0, 0.1) is 11.7 Å². The third-order valence-electron chi connectivity index (χ3n) is 4.95. The second-order valence-corrected chi connectivity index (χ2v) is 7.98. The Hall–Kier alpha value is -2.60. The molecule has 0 unspecified atom stereocenters. The van der Waals surface area contributed by atoms with Gasteiger partial charge in [0.05, 0.1) is 14.8 Å². The molecular formula is C25H34FN3O2. The van der Waals surface area contributed by atoms with Crippen molar-refractivity contribution < 1.29 is 22.1 Å². The fraction of sp³-hybridized carbons (Fsp3) is 0.480. The van der Waals surface area contributed by atoms with Crippen LogP contribution in [0.4, 0.5) is 9.18 Å². The van der Waals surface area contributed by atoms with Crippen molar-refractivity contribution in [2.75, 3.05) is 26.7 Å². The summed E-state index contributed by atoms with van der Waals surface area (Å²) in [4.78, 5) is 16.6. The molecule has 168 valence electrons. The van der Waals surface area contributed by atoms with E-state index in [9.17, 15) is 9.18 Å². The second-order valence-electron chi connectivity index (χ2n) is 7.98. The van der Waals surface area contributed by atoms with Gasteiger partial charge in [0.2, 0.25) is 0 Å². The Morgan fingerprint density at radius 2 is 1.77 bits per heavy atom. The number of nitrogens with zero attached hydrogens (tertiary/aromatic N) is 2. The number of carbonyl (C=O) groups excluding carboxylic acids is 1. The van der Waals surface area contributed by atoms with Gasteiger partial charge in [-0.05, 0) is 74.3 Å². The Labute approximate surface area is 193 Å². The molecule has 2 amide bonds. The van der Waals surface area contributed by atoms with E-state index in [0.29, 0.717) is 25.9 Å². The highest BCUT2D eigenvalue weighted by Gasteiger charge is 2.27. The third-order valence-corrected chi connectivity index (χ3v) is 4.95. The van der Waals surface area contributed by atoms with E-state index >= 15 is 0 Å². The molecule has 5 nitrogen and oxygen atoms in total. The lowest BCUT2D eigenvalue weighted by Gasteiger charge is -2.37. The van der Waals surface area contributed by atoms with Crippen LogP contribution >= 0.6 is 0 Å². The van der Waals surface area contributed by atoms with E-state index in [1.807, 2.05) is 7.05 Å². The maximum Gasteiger partial charge on any atom is 0.318 e. The summed E-state index contributed by atoms with van der Waals surface area (Å²) in [6.07, 6.45) is 0.995. The highest BCUT2D eigenvalue weighted by molar-refractivity contribution is 5.74. The molecule has 1 aliphatic rings. The van der Waals surface area contributed by atoms with Crippen LogP contribution < -0.4 is 10.1 Å². The summed E-state index contributed by atoms with van der Waals surface area (Å²) in [5.41, 5.74) is 0.174. The minimum absolute atomic E-state index is 0.0870. The molecule has 0 aromatic heterocycles. The van der Waals surface area contributed by atoms with Gasteiger partial charge in [-0.3, -0.25) is 0 Å². The average molecular weight is 434 g/mol. The van der Waals surface area contributed by atoms with Crippen molar-refractivity contribution in [3.8, 4) is 5.75 Å². The van der Waals surface area contributed by atoms with Crippen LogP contribution in [0.1, 0.15) is 46.0 Å². The topological polar surface area (TPSA) is 44.8 Å². The van der Waals surface area contributed by atoms with Crippen LogP contribution in [0.5, 0.6) is 5.75 Å². The Balaban J connectivity index is 1.85. The number of piperidine rings is 1. The number of carbonyl (C=O) groups is 1. The number of urea groups is 1. The zero-order chi connectivity index (χ0) is 27.6. The van der Waals surface area contributed by atoms with E-state index in [1.54, 1.807) is 13.8 Å². The molecule has 1 N–H and O–H groups in total. The molecule has 2 aromatic carbocycles. The monoisotopic (exact) mass is 433 g/mol. The lowest BCUT2D eigenvalue weighted by molar-refractivity contribution is 0.127. The Morgan fingerprint density at radius 1 is 1.16 bits per heavy atom. The van der Waals surface area contributed by atoms with E-state index in [0.717, 1.165) is 17.0 Å². The maximum atomic E-state index is 13.5. The first kappa shape index (κ1) is 16.1. The molecule has 1 fully saturated rings. The molecule has 3 rings (SSSR count). The Morgan fingerprint density at radius 3 is 2.39 bits per heavy atom. The predicted octanol–water partition coefficient (Wildman–Crippen LogP) is 4.67. The zero-order valence-corrected chi connectivity index (χ0v) is 18.2. The van der Waals surface area contributed by atoms with Crippen molar-refractivity contribution >= 4 is 6.03 Å². The number of rotatable bonds is 8.